The van der Waals surface area contributed by atoms with Crippen molar-refractivity contribution in [3.63, 3.8) is 0 Å². The summed E-state index contributed by atoms with van der Waals surface area (Å²) in [5.74, 6) is -1.11. The average molecular weight is 518 g/mol. The molecule has 2 atom stereocenters. The second-order valence-corrected chi connectivity index (χ2v) is 11.3. The van der Waals surface area contributed by atoms with Crippen LogP contribution in [0.25, 0.3) is 0 Å². The molecule has 1 fully saturated rings. The lowest BCUT2D eigenvalue weighted by molar-refractivity contribution is -0.142. The highest BCUT2D eigenvalue weighted by Gasteiger charge is 2.38. The third kappa shape index (κ3) is 5.85. The molecule has 0 bridgehead atoms. The molecule has 2 aliphatic rings. The maximum atomic E-state index is 14.2. The van der Waals surface area contributed by atoms with Gasteiger partial charge in [0.05, 0.1) is 12.4 Å². The Bertz CT molecular complexity index is 1160. The van der Waals surface area contributed by atoms with Gasteiger partial charge in [-0.25, -0.2) is 13.8 Å². The number of rotatable bonds is 7. The normalized spacial score (nSPS) is 20.3. The van der Waals surface area contributed by atoms with Crippen molar-refractivity contribution in [3.05, 3.63) is 47.4 Å². The zero-order valence-corrected chi connectivity index (χ0v) is 22.0. The third-order valence-corrected chi connectivity index (χ3v) is 7.99. The van der Waals surface area contributed by atoms with E-state index < -0.39 is 23.2 Å². The van der Waals surface area contributed by atoms with E-state index in [9.17, 15) is 23.5 Å². The van der Waals surface area contributed by atoms with Gasteiger partial charge in [-0.05, 0) is 75.5 Å². The molecule has 2 heterocycles. The molecule has 8 nitrogen and oxygen atoms in total. The van der Waals surface area contributed by atoms with Gasteiger partial charge in [-0.3, -0.25) is 9.59 Å². The number of aliphatic hydroxyl groups excluding tert-OH is 1. The van der Waals surface area contributed by atoms with Crippen LogP contribution in [-0.2, 0) is 28.0 Å². The number of hydrogen-bond donors (Lipinski definition) is 3. The number of halogens is 2. The number of hydrogen-bond acceptors (Lipinski definition) is 5. The lowest BCUT2D eigenvalue weighted by atomic mass is 9.81. The first-order valence-corrected chi connectivity index (χ1v) is 12.9. The van der Waals surface area contributed by atoms with E-state index in [1.54, 1.807) is 17.7 Å². The second kappa shape index (κ2) is 10.5. The van der Waals surface area contributed by atoms with Gasteiger partial charge in [0, 0.05) is 38.0 Å². The highest BCUT2D eigenvalue weighted by atomic mass is 19.1. The number of benzene rings is 1. The molecule has 1 aliphatic heterocycles. The van der Waals surface area contributed by atoms with E-state index in [2.05, 4.69) is 15.6 Å². The van der Waals surface area contributed by atoms with Crippen LogP contribution in [0.5, 0.6) is 0 Å². The van der Waals surface area contributed by atoms with Gasteiger partial charge in [0.25, 0.3) is 0 Å². The van der Waals surface area contributed by atoms with E-state index in [1.807, 2.05) is 25.7 Å². The molecule has 0 spiro atoms. The fourth-order valence-corrected chi connectivity index (χ4v) is 5.19. The van der Waals surface area contributed by atoms with Crippen molar-refractivity contribution in [1.29, 1.82) is 0 Å². The standard InChI is InChI=1S/C27H37F2N5O3/c1-17(31-20-6-5-18-11-19(28)12-22(29)21(18)13-20)24(36)32-23-14-34(16-30-23)26(2,3)25(37)33-9-7-27(4,15-35)8-10-33/h11-12,14,16-17,20,31,35H,5-10,13,15H2,1-4H3,(H,32,36). The molecule has 202 valence electrons. The van der Waals surface area contributed by atoms with Gasteiger partial charge in [0.1, 0.15) is 17.2 Å². The summed E-state index contributed by atoms with van der Waals surface area (Å²) in [4.78, 5) is 32.2. The van der Waals surface area contributed by atoms with Gasteiger partial charge in [-0.2, -0.15) is 0 Å². The van der Waals surface area contributed by atoms with Crippen LogP contribution in [0.1, 0.15) is 58.1 Å². The summed E-state index contributed by atoms with van der Waals surface area (Å²) in [5, 5.41) is 15.6. The summed E-state index contributed by atoms with van der Waals surface area (Å²) in [6.45, 7) is 8.69. The highest BCUT2D eigenvalue weighted by Crippen LogP contribution is 2.32. The lowest BCUT2D eigenvalue weighted by Gasteiger charge is -2.41. The molecule has 2 unspecified atom stereocenters. The number of aromatic nitrogens is 2. The van der Waals surface area contributed by atoms with Crippen molar-refractivity contribution in [1.82, 2.24) is 19.8 Å². The summed E-state index contributed by atoms with van der Waals surface area (Å²) in [5.41, 5.74) is 0.136. The highest BCUT2D eigenvalue weighted by molar-refractivity contribution is 5.93. The summed E-state index contributed by atoms with van der Waals surface area (Å²) < 4.78 is 29.4. The number of amides is 2. The zero-order valence-electron chi connectivity index (χ0n) is 22.0. The van der Waals surface area contributed by atoms with Crippen molar-refractivity contribution in [3.8, 4) is 0 Å². The Hall–Kier alpha value is -2.85. The van der Waals surface area contributed by atoms with Crippen LogP contribution in [0.15, 0.2) is 24.7 Å². The van der Waals surface area contributed by atoms with E-state index in [4.69, 9.17) is 0 Å². The van der Waals surface area contributed by atoms with E-state index in [0.29, 0.717) is 49.3 Å². The first-order valence-electron chi connectivity index (χ1n) is 12.9. The molecule has 3 N–H and O–H groups in total. The molecule has 37 heavy (non-hydrogen) atoms. The Morgan fingerprint density at radius 1 is 1.27 bits per heavy atom. The number of imidazole rings is 1. The van der Waals surface area contributed by atoms with E-state index >= 15 is 0 Å². The molecule has 1 saturated heterocycles. The van der Waals surface area contributed by atoms with Crippen LogP contribution in [0.3, 0.4) is 0 Å². The molecule has 0 radical (unpaired) electrons. The van der Waals surface area contributed by atoms with Gasteiger partial charge in [-0.1, -0.05) is 6.92 Å². The quantitative estimate of drug-likeness (QED) is 0.525. The Morgan fingerprint density at radius 2 is 1.97 bits per heavy atom. The van der Waals surface area contributed by atoms with Crippen LogP contribution in [0, 0.1) is 17.0 Å². The van der Waals surface area contributed by atoms with Gasteiger partial charge in [0.2, 0.25) is 11.8 Å². The van der Waals surface area contributed by atoms with Crippen molar-refractivity contribution in [2.45, 2.75) is 77.4 Å². The Labute approximate surface area is 216 Å². The summed E-state index contributed by atoms with van der Waals surface area (Å²) >= 11 is 0. The summed E-state index contributed by atoms with van der Waals surface area (Å²) in [7, 11) is 0. The number of piperidine rings is 1. The van der Waals surface area contributed by atoms with Gasteiger partial charge in [-0.15, -0.1) is 0 Å². The fraction of sp³-hybridized carbons (Fsp3) is 0.593. The molecule has 1 aromatic carbocycles. The fourth-order valence-electron chi connectivity index (χ4n) is 5.19. The summed E-state index contributed by atoms with van der Waals surface area (Å²) in [6, 6.07) is 1.60. The molecule has 0 saturated carbocycles. The molecule has 1 aromatic heterocycles. The lowest BCUT2D eigenvalue weighted by Crippen LogP contribution is -2.51. The van der Waals surface area contributed by atoms with Crippen LogP contribution < -0.4 is 10.6 Å². The SMILES string of the molecule is CC(NC1CCc2cc(F)cc(F)c2C1)C(=O)Nc1cn(C(C)(C)C(=O)N2CCC(C)(CO)CC2)cn1. The van der Waals surface area contributed by atoms with Crippen molar-refractivity contribution >= 4 is 17.6 Å². The van der Waals surface area contributed by atoms with Crippen molar-refractivity contribution in [2.75, 3.05) is 25.0 Å². The van der Waals surface area contributed by atoms with Crippen LogP contribution >= 0.6 is 0 Å². The molecular formula is C27H37F2N5O3. The predicted octanol–water partition coefficient (Wildman–Crippen LogP) is 2.99. The molecule has 10 heteroatoms. The van der Waals surface area contributed by atoms with E-state index in [0.717, 1.165) is 18.9 Å². The average Bonchev–Trinajstić information content (AvgIpc) is 3.33. The number of likely N-dealkylation sites (tertiary alicyclic amines) is 1. The summed E-state index contributed by atoms with van der Waals surface area (Å²) in [6.07, 6.45) is 6.28. The third-order valence-electron chi connectivity index (χ3n) is 7.99. The maximum absolute atomic E-state index is 14.2. The number of anilines is 1. The van der Waals surface area contributed by atoms with Gasteiger partial charge < -0.3 is 25.2 Å². The number of nitrogens with zero attached hydrogens (tertiary/aromatic N) is 3. The largest absolute Gasteiger partial charge is 0.396 e. The molecule has 2 amide bonds. The topological polar surface area (TPSA) is 99.5 Å². The van der Waals surface area contributed by atoms with E-state index in [1.165, 1.54) is 12.4 Å². The number of nitrogens with one attached hydrogen (secondary N) is 2. The van der Waals surface area contributed by atoms with Crippen molar-refractivity contribution in [2.24, 2.45) is 5.41 Å². The van der Waals surface area contributed by atoms with Crippen LogP contribution in [0.4, 0.5) is 14.6 Å². The zero-order chi connectivity index (χ0) is 27.0. The minimum Gasteiger partial charge on any atom is -0.396 e. The minimum atomic E-state index is -0.897. The molecular weight excluding hydrogens is 480 g/mol. The first-order chi connectivity index (χ1) is 17.4. The smallest absolute Gasteiger partial charge is 0.248 e. The monoisotopic (exact) mass is 517 g/mol. The number of fused-ring (bicyclic) bond motifs is 1. The number of aliphatic hydroxyl groups is 1. The van der Waals surface area contributed by atoms with E-state index in [-0.39, 0.29) is 29.9 Å². The number of carbonyl (C=O) groups excluding carboxylic acids is 2. The molecule has 1 aliphatic carbocycles. The Balaban J connectivity index is 1.33. The maximum Gasteiger partial charge on any atom is 0.248 e. The number of carbonyl (C=O) groups is 2. The Morgan fingerprint density at radius 3 is 2.65 bits per heavy atom. The van der Waals surface area contributed by atoms with Crippen LogP contribution in [0.2, 0.25) is 0 Å². The van der Waals surface area contributed by atoms with Gasteiger partial charge >= 0.3 is 0 Å². The Kier molecular flexibility index (Phi) is 7.71. The number of aryl methyl sites for hydroxylation is 1. The minimum absolute atomic E-state index is 0.0394. The molecule has 2 aromatic rings. The predicted molar refractivity (Wildman–Crippen MR) is 136 cm³/mol. The van der Waals surface area contributed by atoms with Crippen LogP contribution in [-0.4, -0.2) is 63.2 Å². The first kappa shape index (κ1) is 27.2. The van der Waals surface area contributed by atoms with Crippen molar-refractivity contribution < 1.29 is 23.5 Å². The second-order valence-electron chi connectivity index (χ2n) is 11.3. The van der Waals surface area contributed by atoms with Gasteiger partial charge in [0.15, 0.2) is 5.82 Å². The molecule has 4 rings (SSSR count).